The number of fused-ring (bicyclic) bond motifs is 1. The SMILES string of the molecule is COCCN(CCCCc1ccc2c(n1)NCCC2)CC[C@H](NC(=O)C(C)(C)c1ccc(F)cc1F)C(=O)O. The van der Waals surface area contributed by atoms with E-state index in [1.807, 2.05) is 0 Å². The van der Waals surface area contributed by atoms with Crippen LogP contribution in [0.25, 0.3) is 0 Å². The first-order valence-electron chi connectivity index (χ1n) is 13.5. The minimum absolute atomic E-state index is 0.00328. The molecule has 1 atom stereocenters. The van der Waals surface area contributed by atoms with Crippen LogP contribution in [0.1, 0.15) is 56.4 Å². The lowest BCUT2D eigenvalue weighted by Crippen LogP contribution is -2.49. The summed E-state index contributed by atoms with van der Waals surface area (Å²) in [5, 5.41) is 15.7. The summed E-state index contributed by atoms with van der Waals surface area (Å²) in [6.07, 6.45) is 5.05. The molecule has 0 fully saturated rings. The van der Waals surface area contributed by atoms with E-state index in [4.69, 9.17) is 9.72 Å². The molecule has 1 aliphatic rings. The number of aliphatic carboxylic acids is 1. The van der Waals surface area contributed by atoms with E-state index in [0.717, 1.165) is 62.8 Å². The molecule has 1 amide bonds. The number of hydrogen-bond donors (Lipinski definition) is 3. The second-order valence-corrected chi connectivity index (χ2v) is 10.5. The number of carboxylic acids is 1. The third-order valence-electron chi connectivity index (χ3n) is 7.23. The molecule has 1 aromatic carbocycles. The van der Waals surface area contributed by atoms with E-state index in [0.29, 0.717) is 25.8 Å². The zero-order valence-electron chi connectivity index (χ0n) is 23.1. The maximum atomic E-state index is 14.3. The van der Waals surface area contributed by atoms with E-state index in [1.54, 1.807) is 7.11 Å². The highest BCUT2D eigenvalue weighted by Crippen LogP contribution is 2.27. The summed E-state index contributed by atoms with van der Waals surface area (Å²) in [4.78, 5) is 31.8. The van der Waals surface area contributed by atoms with Gasteiger partial charge >= 0.3 is 5.97 Å². The Hall–Kier alpha value is -3.11. The summed E-state index contributed by atoms with van der Waals surface area (Å²) in [6, 6.07) is 6.09. The molecule has 0 aliphatic carbocycles. The number of carbonyl (C=O) groups excluding carboxylic acids is 1. The lowest BCUT2D eigenvalue weighted by atomic mass is 9.83. The van der Waals surface area contributed by atoms with Gasteiger partial charge in [0.05, 0.1) is 12.0 Å². The lowest BCUT2D eigenvalue weighted by molar-refractivity contribution is -0.142. The maximum Gasteiger partial charge on any atom is 0.326 e. The van der Waals surface area contributed by atoms with Gasteiger partial charge in [0.25, 0.3) is 0 Å². The number of carbonyl (C=O) groups is 2. The Balaban J connectivity index is 1.53. The summed E-state index contributed by atoms with van der Waals surface area (Å²) in [7, 11) is 1.62. The number of hydrogen-bond acceptors (Lipinski definition) is 6. The molecule has 0 spiro atoms. The predicted molar refractivity (Wildman–Crippen MR) is 146 cm³/mol. The first-order valence-corrected chi connectivity index (χ1v) is 13.5. The van der Waals surface area contributed by atoms with Crippen molar-refractivity contribution in [1.82, 2.24) is 15.2 Å². The first-order chi connectivity index (χ1) is 18.6. The third-order valence-corrected chi connectivity index (χ3v) is 7.23. The average molecular weight is 547 g/mol. The number of aryl methyl sites for hydroxylation is 2. The highest BCUT2D eigenvalue weighted by Gasteiger charge is 2.35. The molecule has 2 aromatic rings. The average Bonchev–Trinajstić information content (AvgIpc) is 2.90. The second kappa shape index (κ2) is 14.3. The van der Waals surface area contributed by atoms with Gasteiger partial charge in [-0.1, -0.05) is 12.1 Å². The van der Waals surface area contributed by atoms with Gasteiger partial charge in [0.2, 0.25) is 5.91 Å². The molecule has 2 heterocycles. The number of halogens is 2. The van der Waals surface area contributed by atoms with Crippen LogP contribution in [0.4, 0.5) is 14.6 Å². The van der Waals surface area contributed by atoms with Crippen molar-refractivity contribution in [3.63, 3.8) is 0 Å². The molecule has 39 heavy (non-hydrogen) atoms. The standard InChI is InChI=1S/C29H40F2N4O4/c1-29(2,23-12-10-21(30)19-24(23)31)28(38)34-25(27(36)37)13-16-35(17-18-39-3)15-5-4-8-22-11-9-20-7-6-14-32-26(20)33-22/h9-12,19,25H,4-8,13-18H2,1-3H3,(H,32,33)(H,34,38)(H,36,37)/t25-/m0/s1. The number of pyridine rings is 1. The zero-order chi connectivity index (χ0) is 28.4. The van der Waals surface area contributed by atoms with Crippen LogP contribution in [0.2, 0.25) is 0 Å². The number of anilines is 1. The fourth-order valence-corrected chi connectivity index (χ4v) is 4.73. The molecule has 214 valence electrons. The fourth-order valence-electron chi connectivity index (χ4n) is 4.73. The van der Waals surface area contributed by atoms with Gasteiger partial charge in [0.1, 0.15) is 23.5 Å². The Morgan fingerprint density at radius 3 is 2.69 bits per heavy atom. The minimum Gasteiger partial charge on any atom is -0.480 e. The predicted octanol–water partition coefficient (Wildman–Crippen LogP) is 3.93. The molecule has 0 radical (unpaired) electrons. The van der Waals surface area contributed by atoms with E-state index in [1.165, 1.54) is 25.5 Å². The Bertz CT molecular complexity index is 1130. The molecule has 0 bridgehead atoms. The molecule has 3 rings (SSSR count). The summed E-state index contributed by atoms with van der Waals surface area (Å²) in [6.45, 7) is 6.23. The zero-order valence-corrected chi connectivity index (χ0v) is 23.1. The van der Waals surface area contributed by atoms with Crippen molar-refractivity contribution in [3.05, 3.63) is 58.8 Å². The second-order valence-electron chi connectivity index (χ2n) is 10.5. The molecule has 0 saturated heterocycles. The van der Waals surface area contributed by atoms with Crippen molar-refractivity contribution in [2.24, 2.45) is 0 Å². The number of carboxylic acid groups (broad SMARTS) is 1. The van der Waals surface area contributed by atoms with E-state index in [9.17, 15) is 23.5 Å². The number of ether oxygens (including phenoxy) is 1. The molecule has 8 nitrogen and oxygen atoms in total. The Morgan fingerprint density at radius 2 is 1.97 bits per heavy atom. The van der Waals surface area contributed by atoms with E-state index in [2.05, 4.69) is 27.7 Å². The van der Waals surface area contributed by atoms with Gasteiger partial charge in [0.15, 0.2) is 0 Å². The quantitative estimate of drug-likeness (QED) is 0.291. The highest BCUT2D eigenvalue weighted by atomic mass is 19.1. The monoisotopic (exact) mass is 546 g/mol. The van der Waals surface area contributed by atoms with Crippen molar-refractivity contribution >= 4 is 17.7 Å². The van der Waals surface area contributed by atoms with Gasteiger partial charge in [-0.2, -0.15) is 0 Å². The maximum absolute atomic E-state index is 14.3. The van der Waals surface area contributed by atoms with Crippen LogP contribution in [0, 0.1) is 11.6 Å². The Labute approximate surface area is 229 Å². The number of nitrogens with one attached hydrogen (secondary N) is 2. The summed E-state index contributed by atoms with van der Waals surface area (Å²) in [5.41, 5.74) is 0.931. The normalized spacial score (nSPS) is 14.0. The third kappa shape index (κ3) is 8.69. The number of amides is 1. The molecule has 10 heteroatoms. The van der Waals surface area contributed by atoms with E-state index >= 15 is 0 Å². The minimum atomic E-state index is -1.39. The molecule has 0 unspecified atom stereocenters. The highest BCUT2D eigenvalue weighted by molar-refractivity contribution is 5.90. The molecular weight excluding hydrogens is 506 g/mol. The first kappa shape index (κ1) is 30.4. The summed E-state index contributed by atoms with van der Waals surface area (Å²) >= 11 is 0. The van der Waals surface area contributed by atoms with Crippen molar-refractivity contribution in [2.45, 2.75) is 63.8 Å². The van der Waals surface area contributed by atoms with Crippen molar-refractivity contribution in [2.75, 3.05) is 45.2 Å². The van der Waals surface area contributed by atoms with Crippen LogP contribution in [-0.2, 0) is 32.6 Å². The van der Waals surface area contributed by atoms with Crippen LogP contribution in [0.3, 0.4) is 0 Å². The molecule has 3 N–H and O–H groups in total. The topological polar surface area (TPSA) is 104 Å². The van der Waals surface area contributed by atoms with Gasteiger partial charge in [-0.15, -0.1) is 0 Å². The largest absolute Gasteiger partial charge is 0.480 e. The number of nitrogens with zero attached hydrogens (tertiary/aromatic N) is 2. The molecule has 1 aromatic heterocycles. The molecular formula is C29H40F2N4O4. The van der Waals surface area contributed by atoms with Crippen molar-refractivity contribution < 1.29 is 28.2 Å². The van der Waals surface area contributed by atoms with Crippen LogP contribution < -0.4 is 10.6 Å². The number of rotatable bonds is 15. The van der Waals surface area contributed by atoms with Gasteiger partial charge in [-0.25, -0.2) is 18.6 Å². The lowest BCUT2D eigenvalue weighted by Gasteiger charge is -2.28. The van der Waals surface area contributed by atoms with E-state index in [-0.39, 0.29) is 12.0 Å². The molecule has 1 aliphatic heterocycles. The van der Waals surface area contributed by atoms with Gasteiger partial charge in [-0.3, -0.25) is 4.79 Å². The Morgan fingerprint density at radius 1 is 1.18 bits per heavy atom. The summed E-state index contributed by atoms with van der Waals surface area (Å²) in [5.74, 6) is -2.42. The van der Waals surface area contributed by atoms with Crippen LogP contribution >= 0.6 is 0 Å². The van der Waals surface area contributed by atoms with Gasteiger partial charge in [0, 0.05) is 44.1 Å². The molecule has 0 saturated carbocycles. The van der Waals surface area contributed by atoms with Crippen molar-refractivity contribution in [3.8, 4) is 0 Å². The van der Waals surface area contributed by atoms with Gasteiger partial charge < -0.3 is 25.4 Å². The van der Waals surface area contributed by atoms with Gasteiger partial charge in [-0.05, 0) is 76.6 Å². The van der Waals surface area contributed by atoms with Crippen molar-refractivity contribution in [1.29, 1.82) is 0 Å². The Kier molecular flexibility index (Phi) is 11.2. The van der Waals surface area contributed by atoms with Crippen LogP contribution in [-0.4, -0.2) is 72.8 Å². The van der Waals surface area contributed by atoms with Crippen LogP contribution in [0.15, 0.2) is 30.3 Å². The fraction of sp³-hybridized carbons (Fsp3) is 0.552. The number of methoxy groups -OCH3 is 1. The van der Waals surface area contributed by atoms with Crippen LogP contribution in [0.5, 0.6) is 0 Å². The smallest absolute Gasteiger partial charge is 0.326 e. The van der Waals surface area contributed by atoms with E-state index < -0.39 is 35.0 Å². The number of benzene rings is 1. The number of unbranched alkanes of at least 4 members (excludes halogenated alkanes) is 1. The summed E-state index contributed by atoms with van der Waals surface area (Å²) < 4.78 is 32.9. The number of aromatic nitrogens is 1.